The normalized spacial score (nSPS) is 12.8. The third-order valence-corrected chi connectivity index (χ3v) is 4.05. The molecule has 18 heavy (non-hydrogen) atoms. The molecule has 0 radical (unpaired) electrons. The van der Waals surface area contributed by atoms with E-state index in [-0.39, 0.29) is 5.92 Å². The number of anilines is 1. The zero-order valence-electron chi connectivity index (χ0n) is 11.7. The molecule has 0 amide bonds. The first-order valence-corrected chi connectivity index (χ1v) is 7.13. The molecular weight excluding hydrogens is 248 g/mol. The number of carboxylic acids is 1. The lowest BCUT2D eigenvalue weighted by atomic mass is 10.0. The van der Waals surface area contributed by atoms with Crippen molar-refractivity contribution in [2.45, 2.75) is 40.0 Å². The van der Waals surface area contributed by atoms with Gasteiger partial charge in [-0.2, -0.15) is 0 Å². The second-order valence-electron chi connectivity index (χ2n) is 5.10. The van der Waals surface area contributed by atoms with Gasteiger partial charge >= 0.3 is 5.97 Å². The van der Waals surface area contributed by atoms with Gasteiger partial charge in [0.05, 0.1) is 5.69 Å². The predicted octanol–water partition coefficient (Wildman–Crippen LogP) is 3.45. The SMILES string of the molecule is CCC(C)c1nc(N(C)CC(C)C)sc1C(=O)O. The van der Waals surface area contributed by atoms with E-state index >= 15 is 0 Å². The van der Waals surface area contributed by atoms with Gasteiger partial charge in [0.2, 0.25) is 0 Å². The molecule has 1 heterocycles. The van der Waals surface area contributed by atoms with E-state index in [4.69, 9.17) is 0 Å². The van der Waals surface area contributed by atoms with Gasteiger partial charge < -0.3 is 10.0 Å². The van der Waals surface area contributed by atoms with Gasteiger partial charge in [0.1, 0.15) is 4.88 Å². The topological polar surface area (TPSA) is 53.4 Å². The number of carbonyl (C=O) groups is 1. The minimum Gasteiger partial charge on any atom is -0.477 e. The van der Waals surface area contributed by atoms with E-state index in [0.717, 1.165) is 23.8 Å². The number of carboxylic acid groups (broad SMARTS) is 1. The van der Waals surface area contributed by atoms with Crippen molar-refractivity contribution in [3.8, 4) is 0 Å². The molecule has 1 atom stereocenters. The second kappa shape index (κ2) is 6.18. The minimum absolute atomic E-state index is 0.188. The van der Waals surface area contributed by atoms with Gasteiger partial charge in [0, 0.05) is 13.6 Å². The van der Waals surface area contributed by atoms with Gasteiger partial charge in [0.25, 0.3) is 0 Å². The third-order valence-electron chi connectivity index (χ3n) is 2.88. The van der Waals surface area contributed by atoms with E-state index in [0.29, 0.717) is 10.8 Å². The Balaban J connectivity index is 3.05. The van der Waals surface area contributed by atoms with Crippen LogP contribution in [0.25, 0.3) is 0 Å². The fraction of sp³-hybridized carbons (Fsp3) is 0.692. The first-order chi connectivity index (χ1) is 8.36. The summed E-state index contributed by atoms with van der Waals surface area (Å²) in [5.41, 5.74) is 0.723. The summed E-state index contributed by atoms with van der Waals surface area (Å²) in [6, 6.07) is 0. The van der Waals surface area contributed by atoms with Gasteiger partial charge in [-0.05, 0) is 18.3 Å². The highest BCUT2D eigenvalue weighted by Gasteiger charge is 2.22. The zero-order valence-corrected chi connectivity index (χ0v) is 12.5. The van der Waals surface area contributed by atoms with Crippen LogP contribution in [-0.2, 0) is 0 Å². The standard InChI is InChI=1S/C13H22N2O2S/c1-6-9(4)10-11(12(16)17)18-13(14-10)15(5)7-8(2)3/h8-9H,6-7H2,1-5H3,(H,16,17). The molecule has 1 aromatic heterocycles. The van der Waals surface area contributed by atoms with Gasteiger partial charge in [-0.1, -0.05) is 39.0 Å². The first kappa shape index (κ1) is 15.0. The molecule has 1 aromatic rings. The van der Waals surface area contributed by atoms with Crippen LogP contribution in [0.15, 0.2) is 0 Å². The molecule has 0 saturated heterocycles. The van der Waals surface area contributed by atoms with Crippen molar-refractivity contribution in [3.05, 3.63) is 10.6 Å². The maximum Gasteiger partial charge on any atom is 0.347 e. The molecule has 5 heteroatoms. The van der Waals surface area contributed by atoms with Crippen LogP contribution in [0.4, 0.5) is 5.13 Å². The lowest BCUT2D eigenvalue weighted by Gasteiger charge is -2.17. The summed E-state index contributed by atoms with van der Waals surface area (Å²) in [5, 5.41) is 10.0. The van der Waals surface area contributed by atoms with E-state index in [9.17, 15) is 9.90 Å². The molecule has 0 aliphatic heterocycles. The lowest BCUT2D eigenvalue weighted by molar-refractivity contribution is 0.0700. The Hall–Kier alpha value is -1.10. The molecule has 0 bridgehead atoms. The summed E-state index contributed by atoms with van der Waals surface area (Å²) in [5.74, 6) is -0.153. The summed E-state index contributed by atoms with van der Waals surface area (Å²) in [6.07, 6.45) is 0.900. The van der Waals surface area contributed by atoms with Crippen LogP contribution in [0.5, 0.6) is 0 Å². The van der Waals surface area contributed by atoms with E-state index in [1.54, 1.807) is 0 Å². The highest BCUT2D eigenvalue weighted by Crippen LogP contribution is 2.31. The van der Waals surface area contributed by atoms with Crippen LogP contribution in [0, 0.1) is 5.92 Å². The molecule has 0 aromatic carbocycles. The molecule has 0 aliphatic rings. The number of nitrogens with zero attached hydrogens (tertiary/aromatic N) is 2. The van der Waals surface area contributed by atoms with Gasteiger partial charge in [-0.15, -0.1) is 0 Å². The van der Waals surface area contributed by atoms with Crippen molar-refractivity contribution in [2.24, 2.45) is 5.92 Å². The van der Waals surface area contributed by atoms with Crippen molar-refractivity contribution < 1.29 is 9.90 Å². The summed E-state index contributed by atoms with van der Waals surface area (Å²) in [6.45, 7) is 9.23. The van der Waals surface area contributed by atoms with E-state index in [2.05, 4.69) is 18.8 Å². The van der Waals surface area contributed by atoms with Gasteiger partial charge in [-0.25, -0.2) is 9.78 Å². The Morgan fingerprint density at radius 3 is 2.50 bits per heavy atom. The number of hydrogen-bond donors (Lipinski definition) is 1. The number of thiazole rings is 1. The molecule has 1 rings (SSSR count). The monoisotopic (exact) mass is 270 g/mol. The van der Waals surface area contributed by atoms with Crippen molar-refractivity contribution in [1.29, 1.82) is 0 Å². The fourth-order valence-electron chi connectivity index (χ4n) is 1.79. The van der Waals surface area contributed by atoms with Crippen LogP contribution in [0.2, 0.25) is 0 Å². The number of rotatable bonds is 6. The molecular formula is C13H22N2O2S. The van der Waals surface area contributed by atoms with Crippen LogP contribution >= 0.6 is 11.3 Å². The molecule has 0 fully saturated rings. The Morgan fingerprint density at radius 1 is 1.44 bits per heavy atom. The maximum atomic E-state index is 11.3. The smallest absolute Gasteiger partial charge is 0.347 e. The van der Waals surface area contributed by atoms with Crippen LogP contribution in [-0.4, -0.2) is 29.7 Å². The predicted molar refractivity (Wildman–Crippen MR) is 75.9 cm³/mol. The first-order valence-electron chi connectivity index (χ1n) is 6.31. The van der Waals surface area contributed by atoms with Crippen LogP contribution in [0.1, 0.15) is 55.4 Å². The lowest BCUT2D eigenvalue weighted by Crippen LogP contribution is -2.22. The number of aromatic carboxylic acids is 1. The fourth-order valence-corrected chi connectivity index (χ4v) is 2.79. The molecule has 1 N–H and O–H groups in total. The third kappa shape index (κ3) is 3.45. The highest BCUT2D eigenvalue weighted by atomic mass is 32.1. The maximum absolute atomic E-state index is 11.3. The quantitative estimate of drug-likeness (QED) is 0.860. The van der Waals surface area contributed by atoms with Crippen molar-refractivity contribution in [2.75, 3.05) is 18.5 Å². The van der Waals surface area contributed by atoms with E-state index in [1.807, 2.05) is 25.8 Å². The number of hydrogen-bond acceptors (Lipinski definition) is 4. The summed E-state index contributed by atoms with van der Waals surface area (Å²) in [7, 11) is 1.96. The Bertz CT molecular complexity index is 415. The molecule has 102 valence electrons. The molecule has 0 saturated carbocycles. The van der Waals surface area contributed by atoms with Gasteiger partial charge in [-0.3, -0.25) is 0 Å². The molecule has 0 spiro atoms. The average molecular weight is 270 g/mol. The Kier molecular flexibility index (Phi) is 5.14. The van der Waals surface area contributed by atoms with Crippen LogP contribution in [0.3, 0.4) is 0 Å². The Morgan fingerprint density at radius 2 is 2.06 bits per heavy atom. The van der Waals surface area contributed by atoms with Crippen molar-refractivity contribution in [1.82, 2.24) is 4.98 Å². The largest absolute Gasteiger partial charge is 0.477 e. The van der Waals surface area contributed by atoms with Gasteiger partial charge in [0.15, 0.2) is 5.13 Å². The van der Waals surface area contributed by atoms with E-state index < -0.39 is 5.97 Å². The minimum atomic E-state index is -0.869. The average Bonchev–Trinajstić information content (AvgIpc) is 2.71. The molecule has 4 nitrogen and oxygen atoms in total. The van der Waals surface area contributed by atoms with Crippen molar-refractivity contribution in [3.63, 3.8) is 0 Å². The second-order valence-corrected chi connectivity index (χ2v) is 6.08. The summed E-state index contributed by atoms with van der Waals surface area (Å²) in [4.78, 5) is 18.2. The Labute approximate surface area is 113 Å². The summed E-state index contributed by atoms with van der Waals surface area (Å²) >= 11 is 1.28. The number of aromatic nitrogens is 1. The molecule has 0 aliphatic carbocycles. The van der Waals surface area contributed by atoms with Crippen molar-refractivity contribution >= 4 is 22.4 Å². The summed E-state index contributed by atoms with van der Waals surface area (Å²) < 4.78 is 0. The van der Waals surface area contributed by atoms with Crippen LogP contribution < -0.4 is 4.90 Å². The van der Waals surface area contributed by atoms with E-state index in [1.165, 1.54) is 11.3 Å². The zero-order chi connectivity index (χ0) is 13.9. The molecule has 1 unspecified atom stereocenters. The highest BCUT2D eigenvalue weighted by molar-refractivity contribution is 7.17.